The number of aromatic nitrogens is 2. The van der Waals surface area contributed by atoms with Crippen molar-refractivity contribution in [1.29, 1.82) is 0 Å². The summed E-state index contributed by atoms with van der Waals surface area (Å²) >= 11 is 6.51. The molecule has 0 saturated carbocycles. The Labute approximate surface area is 539 Å². The molecule has 2 aliphatic heterocycles. The fraction of sp³-hybridized carbons (Fsp3) is 0.413. The summed E-state index contributed by atoms with van der Waals surface area (Å²) in [4.78, 5) is 0. The number of aryl methyl sites for hydroxylation is 2. The first-order chi connectivity index (χ1) is 41.2. The minimum absolute atomic E-state index is 0.00176. The Morgan fingerprint density at radius 3 is 1.35 bits per heavy atom. The smallest absolute Gasteiger partial charge is 0.498 e. The Balaban J connectivity index is 0.000000175. The Morgan fingerprint density at radius 1 is 0.534 bits per heavy atom. The zero-order valence-electron chi connectivity index (χ0n) is 55.5. The number of hydrogen-bond donors (Lipinski definition) is 1. The molecule has 9 nitrogen and oxygen atoms in total. The second kappa shape index (κ2) is 24.3. The molecule has 4 aromatic heterocycles. The molecule has 0 aliphatic carbocycles. The van der Waals surface area contributed by atoms with Crippen LogP contribution >= 0.6 is 38.6 Å². The monoisotopic (exact) mass is 1280 g/mol. The zero-order chi connectivity index (χ0) is 63.8. The van der Waals surface area contributed by atoms with Gasteiger partial charge in [-0.15, -0.1) is 22.7 Å². The number of fused-ring (bicyclic) bond motifs is 6. The van der Waals surface area contributed by atoms with Crippen LogP contribution in [0.15, 0.2) is 123 Å². The number of phenolic OH excluding ortho intramolecular Hbond substituents is 1. The SMILES string of the molecule is COc1cscc1-c1cc(C)cc(-n2c3cc(C(C)(C)C)ccc3c3ccc(C(C)(C)C)cc32)c1O.COc1cscc1Br.Cc1cc(B2OC(C)(C)C(C)(C)O2)c(OC2CCCCO2)c(-n2c3cc(C(C)(C)C)ccc3c3ccc(C(C)(C)C)cc32)c1. The average molecular weight is 1290 g/mol. The van der Waals surface area contributed by atoms with Crippen molar-refractivity contribution in [2.45, 2.75) is 183 Å². The van der Waals surface area contributed by atoms with Crippen LogP contribution < -0.4 is 19.7 Å². The molecule has 0 radical (unpaired) electrons. The average Bonchev–Trinajstić information content (AvgIpc) is 1.60. The predicted octanol–water partition coefficient (Wildman–Crippen LogP) is 20.5. The number of benzene rings is 6. The number of phenols is 1. The van der Waals surface area contributed by atoms with Gasteiger partial charge in [0.05, 0.1) is 69.9 Å². The molecule has 6 aromatic carbocycles. The maximum absolute atomic E-state index is 11.8. The number of halogens is 1. The number of hydrogen-bond acceptors (Lipinski definition) is 9. The summed E-state index contributed by atoms with van der Waals surface area (Å²) in [7, 11) is 2.77. The molecule has 13 heteroatoms. The van der Waals surface area contributed by atoms with Gasteiger partial charge in [0.1, 0.15) is 23.0 Å². The van der Waals surface area contributed by atoms with E-state index in [1.807, 2.05) is 27.6 Å². The first-order valence-corrected chi connectivity index (χ1v) is 33.6. The predicted molar refractivity (Wildman–Crippen MR) is 376 cm³/mol. The second-order valence-electron chi connectivity index (χ2n) is 29.1. The van der Waals surface area contributed by atoms with Crippen LogP contribution in [-0.2, 0) is 35.7 Å². The van der Waals surface area contributed by atoms with Gasteiger partial charge < -0.3 is 42.5 Å². The quantitative estimate of drug-likeness (QED) is 0.152. The lowest BCUT2D eigenvalue weighted by atomic mass is 9.77. The second-order valence-corrected chi connectivity index (χ2v) is 31.5. The van der Waals surface area contributed by atoms with Gasteiger partial charge in [-0.1, -0.05) is 138 Å². The van der Waals surface area contributed by atoms with Crippen LogP contribution in [0.5, 0.6) is 23.0 Å². The van der Waals surface area contributed by atoms with Gasteiger partial charge in [-0.2, -0.15) is 0 Å². The van der Waals surface area contributed by atoms with Gasteiger partial charge in [0, 0.05) is 66.1 Å². The molecule has 0 amide bonds. The van der Waals surface area contributed by atoms with E-state index in [1.165, 1.54) is 54.8 Å². The van der Waals surface area contributed by atoms with E-state index >= 15 is 0 Å². The van der Waals surface area contributed by atoms with E-state index in [0.29, 0.717) is 6.61 Å². The van der Waals surface area contributed by atoms with E-state index < -0.39 is 18.3 Å². The van der Waals surface area contributed by atoms with Crippen molar-refractivity contribution in [1.82, 2.24) is 9.13 Å². The zero-order valence-corrected chi connectivity index (χ0v) is 58.7. The summed E-state index contributed by atoms with van der Waals surface area (Å²) in [5.74, 6) is 2.72. The van der Waals surface area contributed by atoms with E-state index in [2.05, 4.69) is 241 Å². The van der Waals surface area contributed by atoms with Crippen LogP contribution in [0.3, 0.4) is 0 Å². The Morgan fingerprint density at radius 2 is 0.955 bits per heavy atom. The molecule has 0 bridgehead atoms. The Bertz CT molecular complexity index is 4050. The highest BCUT2D eigenvalue weighted by Gasteiger charge is 2.53. The molecule has 1 atom stereocenters. The lowest BCUT2D eigenvalue weighted by molar-refractivity contribution is -0.105. The van der Waals surface area contributed by atoms with Crippen molar-refractivity contribution >= 4 is 94.8 Å². The van der Waals surface area contributed by atoms with Gasteiger partial charge in [0.2, 0.25) is 0 Å². The van der Waals surface area contributed by atoms with E-state index in [-0.39, 0.29) is 33.7 Å². The molecule has 1 unspecified atom stereocenters. The van der Waals surface area contributed by atoms with Crippen LogP contribution in [0, 0.1) is 13.8 Å². The molecule has 2 aliphatic rings. The molecule has 6 heterocycles. The molecule has 10 aromatic rings. The van der Waals surface area contributed by atoms with Gasteiger partial charge in [0.25, 0.3) is 0 Å². The third-order valence-electron chi connectivity index (χ3n) is 17.8. The van der Waals surface area contributed by atoms with Gasteiger partial charge >= 0.3 is 7.12 Å². The molecular formula is C75H90BBrN2O7S2. The molecule has 0 spiro atoms. The topological polar surface area (TPSA) is 85.5 Å². The van der Waals surface area contributed by atoms with E-state index in [1.54, 1.807) is 36.9 Å². The van der Waals surface area contributed by atoms with Crippen molar-refractivity contribution < 1.29 is 33.4 Å². The number of ether oxygens (including phenoxy) is 4. The van der Waals surface area contributed by atoms with Crippen molar-refractivity contribution in [3.8, 4) is 45.5 Å². The summed E-state index contributed by atoms with van der Waals surface area (Å²) in [5, 5.41) is 24.6. The minimum atomic E-state index is -0.569. The summed E-state index contributed by atoms with van der Waals surface area (Å²) in [5.41, 5.74) is 15.3. The number of rotatable bonds is 8. The van der Waals surface area contributed by atoms with Gasteiger partial charge in [0.15, 0.2) is 6.29 Å². The molecule has 464 valence electrons. The molecule has 2 saturated heterocycles. The first kappa shape index (κ1) is 64.9. The lowest BCUT2D eigenvalue weighted by Gasteiger charge is -2.32. The number of methoxy groups -OCH3 is 2. The maximum Gasteiger partial charge on any atom is 0.498 e. The molecule has 1 N–H and O–H groups in total. The Kier molecular flexibility index (Phi) is 17.9. The van der Waals surface area contributed by atoms with Crippen LogP contribution in [0.25, 0.3) is 66.1 Å². The highest BCUT2D eigenvalue weighted by Crippen LogP contribution is 2.47. The largest absolute Gasteiger partial charge is 0.505 e. The molecule has 2 fully saturated rings. The van der Waals surface area contributed by atoms with Crippen LogP contribution in [-0.4, -0.2) is 59.7 Å². The van der Waals surface area contributed by atoms with E-state index in [9.17, 15) is 5.11 Å². The van der Waals surface area contributed by atoms with Crippen molar-refractivity contribution in [3.63, 3.8) is 0 Å². The maximum atomic E-state index is 11.8. The standard InChI is InChI=1S/C38H50BNO4.C32H35NO2S.C5H5BrOS/c1-24-20-29(39-43-37(8,9)38(10,11)44-39)34(42-33-14-12-13-19-41-33)32(21-24)40-30-22-25(35(2,3)4)15-17-27(30)28-18-16-26(23-31(28)40)36(5,6)7;1-19-13-24(25-17-36-18-29(25)35-8)30(34)28(14-19)33-26-15-20(31(2,3)4)9-11-22(26)23-12-10-21(16-27(23)33)32(5,6)7;1-7-5-3-8-2-4(5)6/h15-18,20-23,33H,12-14,19H2,1-11H3;9-18,34H,1-8H3;2-3H,1H3. The Hall–Kier alpha value is -6.06. The summed E-state index contributed by atoms with van der Waals surface area (Å²) in [6, 6.07) is 36.0. The number of aromatic hydroxyl groups is 1. The number of nitrogens with zero attached hydrogens (tertiary/aromatic N) is 2. The van der Waals surface area contributed by atoms with Gasteiger partial charge in [-0.05, 0) is 168 Å². The van der Waals surface area contributed by atoms with Crippen molar-refractivity contribution in [2.75, 3.05) is 20.8 Å². The number of thiophene rings is 2. The fourth-order valence-electron chi connectivity index (χ4n) is 11.8. The minimum Gasteiger partial charge on any atom is -0.505 e. The summed E-state index contributed by atoms with van der Waals surface area (Å²) in [6.07, 6.45) is 2.67. The van der Waals surface area contributed by atoms with Crippen molar-refractivity contribution in [3.05, 3.63) is 156 Å². The summed E-state index contributed by atoms with van der Waals surface area (Å²) in [6.45, 7) is 40.4. The molecule has 88 heavy (non-hydrogen) atoms. The first-order valence-electron chi connectivity index (χ1n) is 30.9. The summed E-state index contributed by atoms with van der Waals surface area (Å²) < 4.78 is 42.7. The van der Waals surface area contributed by atoms with Gasteiger partial charge in [-0.3, -0.25) is 0 Å². The normalized spacial score (nSPS) is 16.2. The van der Waals surface area contributed by atoms with E-state index in [0.717, 1.165) is 91.1 Å². The lowest BCUT2D eigenvalue weighted by Crippen LogP contribution is -2.41. The van der Waals surface area contributed by atoms with Crippen LogP contribution in [0.1, 0.15) is 163 Å². The van der Waals surface area contributed by atoms with Crippen LogP contribution in [0.4, 0.5) is 0 Å². The van der Waals surface area contributed by atoms with Crippen molar-refractivity contribution in [2.24, 2.45) is 0 Å². The van der Waals surface area contributed by atoms with Gasteiger partial charge in [-0.25, -0.2) is 0 Å². The molecule has 12 rings (SSSR count). The fourth-order valence-corrected chi connectivity index (χ4v) is 14.0. The molecular weight excluding hydrogens is 1200 g/mol. The highest BCUT2D eigenvalue weighted by molar-refractivity contribution is 9.10. The van der Waals surface area contributed by atoms with E-state index in [4.69, 9.17) is 28.3 Å². The van der Waals surface area contributed by atoms with Crippen LogP contribution in [0.2, 0.25) is 0 Å². The highest BCUT2D eigenvalue weighted by atomic mass is 79.9. The third kappa shape index (κ3) is 12.8. The third-order valence-corrected chi connectivity index (χ3v) is 20.2.